The summed E-state index contributed by atoms with van der Waals surface area (Å²) < 4.78 is 3.62. The minimum atomic E-state index is 0.637. The standard InChI is InChI=1S/C15H18ClIN2/c1-10(11-2-3-11)9-19-14-5-4-12(17)8-13(14)18-15(19)6-7-16/h4-5,8,10-11H,2-3,6-7,9H2,1H3. The van der Waals surface area contributed by atoms with Gasteiger partial charge in [0.1, 0.15) is 5.82 Å². The molecule has 102 valence electrons. The van der Waals surface area contributed by atoms with Crippen LogP contribution in [0.3, 0.4) is 0 Å². The predicted molar refractivity (Wildman–Crippen MR) is 88.8 cm³/mol. The summed E-state index contributed by atoms with van der Waals surface area (Å²) in [5.41, 5.74) is 2.36. The fourth-order valence-corrected chi connectivity index (χ4v) is 3.38. The maximum absolute atomic E-state index is 5.92. The number of hydrogen-bond acceptors (Lipinski definition) is 1. The Morgan fingerprint density at radius 3 is 2.95 bits per heavy atom. The molecule has 1 aliphatic carbocycles. The SMILES string of the molecule is CC(Cn1c(CCCl)nc2cc(I)ccc21)C1CC1. The molecule has 2 aromatic rings. The summed E-state index contributed by atoms with van der Waals surface area (Å²) in [4.78, 5) is 4.77. The largest absolute Gasteiger partial charge is 0.328 e. The van der Waals surface area contributed by atoms with Gasteiger partial charge in [-0.3, -0.25) is 0 Å². The van der Waals surface area contributed by atoms with Crippen LogP contribution in [0.15, 0.2) is 18.2 Å². The lowest BCUT2D eigenvalue weighted by Gasteiger charge is -2.14. The Hall–Kier alpha value is -0.290. The molecule has 0 spiro atoms. The van der Waals surface area contributed by atoms with Crippen LogP contribution in [0.2, 0.25) is 0 Å². The first-order valence-corrected chi connectivity index (χ1v) is 8.51. The molecular formula is C15H18ClIN2. The third kappa shape index (κ3) is 2.92. The van der Waals surface area contributed by atoms with Crippen LogP contribution in [0, 0.1) is 15.4 Å². The number of hydrogen-bond donors (Lipinski definition) is 0. The van der Waals surface area contributed by atoms with Gasteiger partial charge in [0.15, 0.2) is 0 Å². The number of alkyl halides is 1. The Labute approximate surface area is 132 Å². The van der Waals surface area contributed by atoms with Crippen molar-refractivity contribution in [1.82, 2.24) is 9.55 Å². The maximum Gasteiger partial charge on any atom is 0.111 e. The van der Waals surface area contributed by atoms with E-state index in [9.17, 15) is 0 Å². The van der Waals surface area contributed by atoms with Crippen molar-refractivity contribution in [3.05, 3.63) is 27.6 Å². The number of aryl methyl sites for hydroxylation is 1. The average molecular weight is 389 g/mol. The second-order valence-electron chi connectivity index (χ2n) is 5.53. The summed E-state index contributed by atoms with van der Waals surface area (Å²) in [6, 6.07) is 6.51. The Morgan fingerprint density at radius 1 is 1.47 bits per heavy atom. The highest BCUT2D eigenvalue weighted by atomic mass is 127. The van der Waals surface area contributed by atoms with E-state index in [1.54, 1.807) is 0 Å². The molecule has 1 atom stereocenters. The smallest absolute Gasteiger partial charge is 0.111 e. The van der Waals surface area contributed by atoms with Crippen LogP contribution in [0.4, 0.5) is 0 Å². The highest BCUT2D eigenvalue weighted by Crippen LogP contribution is 2.38. The first kappa shape index (κ1) is 13.7. The lowest BCUT2D eigenvalue weighted by molar-refractivity contribution is 0.429. The predicted octanol–water partition coefficient (Wildman–Crippen LogP) is 4.47. The number of fused-ring (bicyclic) bond motifs is 1. The normalized spacial score (nSPS) is 17.0. The average Bonchev–Trinajstić information content (AvgIpc) is 3.16. The van der Waals surface area contributed by atoms with E-state index in [4.69, 9.17) is 16.6 Å². The maximum atomic E-state index is 5.92. The third-order valence-corrected chi connectivity index (χ3v) is 4.86. The number of aromatic nitrogens is 2. The topological polar surface area (TPSA) is 17.8 Å². The van der Waals surface area contributed by atoms with Gasteiger partial charge in [-0.25, -0.2) is 4.98 Å². The number of nitrogens with zero attached hydrogens (tertiary/aromatic N) is 2. The molecular weight excluding hydrogens is 371 g/mol. The third-order valence-electron chi connectivity index (χ3n) is 4.00. The van der Waals surface area contributed by atoms with E-state index in [2.05, 4.69) is 52.3 Å². The Kier molecular flexibility index (Phi) is 4.03. The lowest BCUT2D eigenvalue weighted by atomic mass is 10.1. The quantitative estimate of drug-likeness (QED) is 0.546. The van der Waals surface area contributed by atoms with Gasteiger partial charge in [0.25, 0.3) is 0 Å². The van der Waals surface area contributed by atoms with Crippen LogP contribution < -0.4 is 0 Å². The van der Waals surface area contributed by atoms with E-state index in [0.717, 1.165) is 36.1 Å². The second-order valence-corrected chi connectivity index (χ2v) is 7.15. The molecule has 1 aromatic heterocycles. The molecule has 1 aliphatic rings. The highest BCUT2D eigenvalue weighted by molar-refractivity contribution is 14.1. The van der Waals surface area contributed by atoms with Crippen LogP contribution >= 0.6 is 34.2 Å². The molecule has 1 heterocycles. The van der Waals surface area contributed by atoms with Gasteiger partial charge in [0, 0.05) is 22.4 Å². The zero-order valence-corrected chi connectivity index (χ0v) is 14.0. The van der Waals surface area contributed by atoms with Gasteiger partial charge in [0.2, 0.25) is 0 Å². The summed E-state index contributed by atoms with van der Waals surface area (Å²) in [5.74, 6) is 3.44. The molecule has 0 N–H and O–H groups in total. The van der Waals surface area contributed by atoms with E-state index < -0.39 is 0 Å². The second kappa shape index (κ2) is 5.60. The van der Waals surface area contributed by atoms with Crippen molar-refractivity contribution in [2.45, 2.75) is 32.7 Å². The summed E-state index contributed by atoms with van der Waals surface area (Å²) in [7, 11) is 0. The van der Waals surface area contributed by atoms with Crippen molar-refractivity contribution >= 4 is 45.2 Å². The molecule has 1 fully saturated rings. The summed E-state index contributed by atoms with van der Waals surface area (Å²) in [6.07, 6.45) is 3.65. The van der Waals surface area contributed by atoms with Crippen LogP contribution in [0.5, 0.6) is 0 Å². The number of rotatable bonds is 5. The van der Waals surface area contributed by atoms with E-state index >= 15 is 0 Å². The molecule has 0 saturated heterocycles. The van der Waals surface area contributed by atoms with Crippen molar-refractivity contribution in [3.8, 4) is 0 Å². The van der Waals surface area contributed by atoms with E-state index in [1.165, 1.54) is 21.9 Å². The molecule has 1 saturated carbocycles. The zero-order valence-electron chi connectivity index (χ0n) is 11.1. The fraction of sp³-hybridized carbons (Fsp3) is 0.533. The molecule has 4 heteroatoms. The molecule has 0 aliphatic heterocycles. The van der Waals surface area contributed by atoms with Crippen molar-refractivity contribution in [3.63, 3.8) is 0 Å². The first-order valence-electron chi connectivity index (χ1n) is 6.89. The molecule has 3 rings (SSSR count). The van der Waals surface area contributed by atoms with E-state index in [-0.39, 0.29) is 0 Å². The molecule has 0 bridgehead atoms. The van der Waals surface area contributed by atoms with Crippen LogP contribution in [0.25, 0.3) is 11.0 Å². The monoisotopic (exact) mass is 388 g/mol. The number of halogens is 2. The molecule has 0 radical (unpaired) electrons. The summed E-state index contributed by atoms with van der Waals surface area (Å²) in [6.45, 7) is 3.44. The van der Waals surface area contributed by atoms with Crippen LogP contribution in [-0.2, 0) is 13.0 Å². The number of imidazole rings is 1. The van der Waals surface area contributed by atoms with Crippen molar-refractivity contribution in [2.75, 3.05) is 5.88 Å². The summed E-state index contributed by atoms with van der Waals surface area (Å²) in [5, 5.41) is 0. The van der Waals surface area contributed by atoms with Gasteiger partial charge in [-0.2, -0.15) is 0 Å². The molecule has 0 amide bonds. The highest BCUT2D eigenvalue weighted by Gasteiger charge is 2.28. The van der Waals surface area contributed by atoms with Crippen LogP contribution in [-0.4, -0.2) is 15.4 Å². The van der Waals surface area contributed by atoms with Gasteiger partial charge in [0.05, 0.1) is 11.0 Å². The van der Waals surface area contributed by atoms with Crippen molar-refractivity contribution in [2.24, 2.45) is 11.8 Å². The Bertz CT molecular complexity index is 589. The summed E-state index contributed by atoms with van der Waals surface area (Å²) >= 11 is 8.26. The molecule has 2 nitrogen and oxygen atoms in total. The van der Waals surface area contributed by atoms with Gasteiger partial charge >= 0.3 is 0 Å². The molecule has 19 heavy (non-hydrogen) atoms. The van der Waals surface area contributed by atoms with Crippen LogP contribution in [0.1, 0.15) is 25.6 Å². The lowest BCUT2D eigenvalue weighted by Crippen LogP contribution is -2.12. The van der Waals surface area contributed by atoms with Gasteiger partial charge in [-0.15, -0.1) is 11.6 Å². The first-order chi connectivity index (χ1) is 9.19. The Morgan fingerprint density at radius 2 is 2.26 bits per heavy atom. The fourth-order valence-electron chi connectivity index (χ4n) is 2.73. The van der Waals surface area contributed by atoms with Gasteiger partial charge in [-0.1, -0.05) is 6.92 Å². The minimum absolute atomic E-state index is 0.637. The Balaban J connectivity index is 1.99. The molecule has 1 unspecified atom stereocenters. The van der Waals surface area contributed by atoms with Gasteiger partial charge in [-0.05, 0) is 65.5 Å². The zero-order chi connectivity index (χ0) is 13.4. The number of benzene rings is 1. The minimum Gasteiger partial charge on any atom is -0.328 e. The van der Waals surface area contributed by atoms with E-state index in [0.29, 0.717) is 5.88 Å². The van der Waals surface area contributed by atoms with Crippen molar-refractivity contribution < 1.29 is 0 Å². The van der Waals surface area contributed by atoms with E-state index in [1.807, 2.05) is 0 Å². The van der Waals surface area contributed by atoms with Crippen molar-refractivity contribution in [1.29, 1.82) is 0 Å². The molecule has 1 aromatic carbocycles. The van der Waals surface area contributed by atoms with Gasteiger partial charge < -0.3 is 4.57 Å².